The van der Waals surface area contributed by atoms with Crippen molar-refractivity contribution in [3.63, 3.8) is 0 Å². The van der Waals surface area contributed by atoms with E-state index in [1.807, 2.05) is 0 Å². The van der Waals surface area contributed by atoms with Gasteiger partial charge >= 0.3 is 0 Å². The van der Waals surface area contributed by atoms with Crippen LogP contribution >= 0.6 is 0 Å². The number of fused-ring (bicyclic) bond motifs is 2. The van der Waals surface area contributed by atoms with Gasteiger partial charge in [-0.3, -0.25) is 0 Å². The predicted molar refractivity (Wildman–Crippen MR) is 45.4 cm³/mol. The molecule has 0 aromatic carbocycles. The van der Waals surface area contributed by atoms with E-state index in [1.165, 1.54) is 18.4 Å². The maximum absolute atomic E-state index is 5.78. The quantitative estimate of drug-likeness (QED) is 0.484. The fourth-order valence-corrected chi connectivity index (χ4v) is 2.38. The highest BCUT2D eigenvalue weighted by molar-refractivity contribution is 5.23. The van der Waals surface area contributed by atoms with E-state index in [9.17, 15) is 0 Å². The lowest BCUT2D eigenvalue weighted by molar-refractivity contribution is -0.0352. The molecule has 1 aliphatic heterocycles. The summed E-state index contributed by atoms with van der Waals surface area (Å²) in [5, 5.41) is 0. The Hall–Kier alpha value is -0.300. The summed E-state index contributed by atoms with van der Waals surface area (Å²) < 4.78 is 5.78. The Balaban J connectivity index is 2.29. The van der Waals surface area contributed by atoms with Crippen molar-refractivity contribution in [2.24, 2.45) is 11.8 Å². The second-order valence-corrected chi connectivity index (χ2v) is 4.19. The van der Waals surface area contributed by atoms with Crippen molar-refractivity contribution >= 4 is 0 Å². The number of hydrogen-bond acceptors (Lipinski definition) is 1. The predicted octanol–water partition coefficient (Wildman–Crippen LogP) is 2.38. The van der Waals surface area contributed by atoms with Crippen molar-refractivity contribution in [2.75, 3.05) is 6.61 Å². The Morgan fingerprint density at radius 3 is 3.00 bits per heavy atom. The molecule has 1 nitrogen and oxygen atoms in total. The molecule has 0 aromatic rings. The third kappa shape index (κ3) is 0.871. The second kappa shape index (κ2) is 2.10. The Morgan fingerprint density at radius 1 is 1.64 bits per heavy atom. The van der Waals surface area contributed by atoms with Crippen molar-refractivity contribution in [2.45, 2.75) is 32.3 Å². The lowest BCUT2D eigenvalue weighted by Gasteiger charge is -2.35. The molecular formula is C10H16O. The van der Waals surface area contributed by atoms with E-state index in [-0.39, 0.29) is 5.60 Å². The zero-order valence-electron chi connectivity index (χ0n) is 7.39. The third-order valence-corrected chi connectivity index (χ3v) is 3.41. The van der Waals surface area contributed by atoms with Gasteiger partial charge in [-0.1, -0.05) is 13.5 Å². The van der Waals surface area contributed by atoms with Crippen molar-refractivity contribution < 1.29 is 4.74 Å². The standard InChI is InChI=1S/C10H16O/c1-7-6-11-10(3)5-4-9(7)8(10)2/h7,9H,2,4-6H2,1,3H3. The third-order valence-electron chi connectivity index (χ3n) is 3.41. The molecule has 2 rings (SSSR count). The Bertz CT molecular complexity index is 197. The molecule has 0 radical (unpaired) electrons. The van der Waals surface area contributed by atoms with E-state index < -0.39 is 0 Å². The van der Waals surface area contributed by atoms with Crippen LogP contribution in [0.1, 0.15) is 26.7 Å². The molecule has 11 heavy (non-hydrogen) atoms. The summed E-state index contributed by atoms with van der Waals surface area (Å²) in [4.78, 5) is 0. The molecule has 1 saturated carbocycles. The molecule has 0 amide bonds. The zero-order valence-corrected chi connectivity index (χ0v) is 7.39. The molecule has 0 aromatic heterocycles. The molecule has 1 aliphatic carbocycles. The number of ether oxygens (including phenoxy) is 1. The van der Waals surface area contributed by atoms with Crippen LogP contribution in [0.5, 0.6) is 0 Å². The number of hydrogen-bond donors (Lipinski definition) is 0. The van der Waals surface area contributed by atoms with E-state index in [1.54, 1.807) is 0 Å². The highest BCUT2D eigenvalue weighted by Crippen LogP contribution is 2.48. The fraction of sp³-hybridized carbons (Fsp3) is 0.800. The van der Waals surface area contributed by atoms with Gasteiger partial charge in [-0.2, -0.15) is 0 Å². The fourth-order valence-electron chi connectivity index (χ4n) is 2.38. The zero-order chi connectivity index (χ0) is 8.06. The molecule has 3 unspecified atom stereocenters. The minimum atomic E-state index is 0.0389. The van der Waals surface area contributed by atoms with Gasteiger partial charge in [0.2, 0.25) is 0 Å². The molecular weight excluding hydrogens is 136 g/mol. The van der Waals surface area contributed by atoms with Gasteiger partial charge in [-0.25, -0.2) is 0 Å². The van der Waals surface area contributed by atoms with Crippen LogP contribution in [-0.4, -0.2) is 12.2 Å². The minimum Gasteiger partial charge on any atom is -0.371 e. The van der Waals surface area contributed by atoms with Gasteiger partial charge in [0.1, 0.15) is 0 Å². The summed E-state index contributed by atoms with van der Waals surface area (Å²) in [7, 11) is 0. The van der Waals surface area contributed by atoms with E-state index in [4.69, 9.17) is 4.74 Å². The maximum Gasteiger partial charge on any atom is 0.0864 e. The minimum absolute atomic E-state index is 0.0389. The largest absolute Gasteiger partial charge is 0.371 e. The summed E-state index contributed by atoms with van der Waals surface area (Å²) in [5.41, 5.74) is 1.38. The molecule has 0 N–H and O–H groups in total. The molecule has 62 valence electrons. The first-order valence-electron chi connectivity index (χ1n) is 4.47. The summed E-state index contributed by atoms with van der Waals surface area (Å²) in [6.07, 6.45) is 2.47. The van der Waals surface area contributed by atoms with Gasteiger partial charge in [-0.05, 0) is 37.2 Å². The molecule has 2 aliphatic rings. The van der Waals surface area contributed by atoms with Crippen LogP contribution < -0.4 is 0 Å². The van der Waals surface area contributed by atoms with Crippen molar-refractivity contribution in [1.29, 1.82) is 0 Å². The van der Waals surface area contributed by atoms with Crippen molar-refractivity contribution in [3.8, 4) is 0 Å². The van der Waals surface area contributed by atoms with Crippen molar-refractivity contribution in [1.82, 2.24) is 0 Å². The monoisotopic (exact) mass is 152 g/mol. The molecule has 3 atom stereocenters. The van der Waals surface area contributed by atoms with Gasteiger partial charge in [0.05, 0.1) is 12.2 Å². The first-order chi connectivity index (χ1) is 5.13. The molecule has 0 spiro atoms. The van der Waals surface area contributed by atoms with Crippen LogP contribution in [0, 0.1) is 11.8 Å². The van der Waals surface area contributed by atoms with Crippen LogP contribution in [0.3, 0.4) is 0 Å². The summed E-state index contributed by atoms with van der Waals surface area (Å²) >= 11 is 0. The van der Waals surface area contributed by atoms with Gasteiger partial charge in [0, 0.05) is 0 Å². The lowest BCUT2D eigenvalue weighted by Crippen LogP contribution is -2.36. The van der Waals surface area contributed by atoms with Crippen LogP contribution in [0.2, 0.25) is 0 Å². The summed E-state index contributed by atoms with van der Waals surface area (Å²) in [5.74, 6) is 1.44. The number of rotatable bonds is 0. The van der Waals surface area contributed by atoms with Gasteiger partial charge < -0.3 is 4.74 Å². The topological polar surface area (TPSA) is 9.23 Å². The van der Waals surface area contributed by atoms with E-state index in [0.29, 0.717) is 5.92 Å². The molecule has 2 fully saturated rings. The molecule has 2 bridgehead atoms. The highest BCUT2D eigenvalue weighted by Gasteiger charge is 2.45. The van der Waals surface area contributed by atoms with E-state index in [2.05, 4.69) is 20.4 Å². The van der Waals surface area contributed by atoms with Gasteiger partial charge in [-0.15, -0.1) is 0 Å². The highest BCUT2D eigenvalue weighted by atomic mass is 16.5. The Labute approximate surface area is 68.4 Å². The van der Waals surface area contributed by atoms with Gasteiger partial charge in [0.25, 0.3) is 0 Å². The van der Waals surface area contributed by atoms with E-state index >= 15 is 0 Å². The van der Waals surface area contributed by atoms with Crippen molar-refractivity contribution in [3.05, 3.63) is 12.2 Å². The average Bonchev–Trinajstić information content (AvgIpc) is 2.14. The van der Waals surface area contributed by atoms with Crippen LogP contribution in [0.25, 0.3) is 0 Å². The van der Waals surface area contributed by atoms with E-state index in [0.717, 1.165) is 12.5 Å². The Kier molecular flexibility index (Phi) is 1.40. The first kappa shape index (κ1) is 7.35. The second-order valence-electron chi connectivity index (χ2n) is 4.19. The lowest BCUT2D eigenvalue weighted by atomic mass is 9.85. The average molecular weight is 152 g/mol. The van der Waals surface area contributed by atoms with Crippen LogP contribution in [-0.2, 0) is 4.74 Å². The summed E-state index contributed by atoms with van der Waals surface area (Å²) in [6.45, 7) is 9.51. The Morgan fingerprint density at radius 2 is 2.36 bits per heavy atom. The molecule has 1 heteroatoms. The van der Waals surface area contributed by atoms with Crippen LogP contribution in [0.4, 0.5) is 0 Å². The first-order valence-corrected chi connectivity index (χ1v) is 4.47. The SMILES string of the molecule is C=C1C2CCC1(C)OCC2C. The summed E-state index contributed by atoms with van der Waals surface area (Å²) in [6, 6.07) is 0. The van der Waals surface area contributed by atoms with Crippen LogP contribution in [0.15, 0.2) is 12.2 Å². The van der Waals surface area contributed by atoms with Gasteiger partial charge in [0.15, 0.2) is 0 Å². The normalized spacial score (nSPS) is 49.8. The maximum atomic E-state index is 5.78. The smallest absolute Gasteiger partial charge is 0.0864 e. The molecule has 1 saturated heterocycles. The molecule has 1 heterocycles.